The van der Waals surface area contributed by atoms with Crippen molar-refractivity contribution in [1.82, 2.24) is 0 Å². The van der Waals surface area contributed by atoms with Crippen molar-refractivity contribution in [3.8, 4) is 0 Å². The van der Waals surface area contributed by atoms with E-state index < -0.39 is 0 Å². The molecule has 0 atom stereocenters. The Morgan fingerprint density at radius 1 is 0.750 bits per heavy atom. The lowest BCUT2D eigenvalue weighted by Crippen LogP contribution is -1.75. The number of benzene rings is 2. The Bertz CT molecular complexity index is 436. The molecule has 0 aliphatic rings. The van der Waals surface area contributed by atoms with Gasteiger partial charge in [0.25, 0.3) is 0 Å². The molecule has 80 valence electrons. The van der Waals surface area contributed by atoms with E-state index >= 15 is 0 Å². The lowest BCUT2D eigenvalue weighted by molar-refractivity contribution is 0.628. The van der Waals surface area contributed by atoms with Crippen molar-refractivity contribution in [2.45, 2.75) is 0 Å². The fraction of sp³-hybridized carbons (Fsp3) is 0. The molecule has 0 heterocycles. The molecule has 0 unspecified atom stereocenters. The van der Waals surface area contributed by atoms with Gasteiger partial charge in [0.1, 0.15) is 5.82 Å². The maximum absolute atomic E-state index is 12.7. The molecule has 0 N–H and O–H groups in total. The summed E-state index contributed by atoms with van der Waals surface area (Å²) in [5, 5.41) is 0.721. The van der Waals surface area contributed by atoms with Gasteiger partial charge in [0.15, 0.2) is 0 Å². The molecule has 0 radical (unpaired) electrons. The topological polar surface area (TPSA) is 0 Å². The first-order valence-electron chi connectivity index (χ1n) is 4.93. The van der Waals surface area contributed by atoms with Crippen molar-refractivity contribution in [2.24, 2.45) is 0 Å². The minimum Gasteiger partial charge on any atom is -0.207 e. The molecule has 0 bridgehead atoms. The van der Waals surface area contributed by atoms with E-state index in [9.17, 15) is 4.39 Å². The van der Waals surface area contributed by atoms with Gasteiger partial charge in [-0.3, -0.25) is 0 Å². The summed E-state index contributed by atoms with van der Waals surface area (Å²) >= 11 is 5.78. The summed E-state index contributed by atoms with van der Waals surface area (Å²) < 4.78 is 12.7. The van der Waals surface area contributed by atoms with E-state index in [4.69, 9.17) is 11.6 Å². The molecule has 0 saturated heterocycles. The summed E-state index contributed by atoms with van der Waals surface area (Å²) in [7, 11) is 0. The highest BCUT2D eigenvalue weighted by Gasteiger charge is 1.90. The Morgan fingerprint density at radius 3 is 1.69 bits per heavy atom. The maximum atomic E-state index is 12.7. The number of hydrogen-bond donors (Lipinski definition) is 0. The standard InChI is InChI=1S/C14H10ClF/c15-13-7-3-11(4-8-13)1-2-12-5-9-14(16)10-6-12/h1-10H/b2-1-. The third-order valence-corrected chi connectivity index (χ3v) is 2.46. The monoisotopic (exact) mass is 232 g/mol. The van der Waals surface area contributed by atoms with Gasteiger partial charge in [-0.2, -0.15) is 0 Å². The zero-order chi connectivity index (χ0) is 11.4. The molecular formula is C14H10ClF. The van der Waals surface area contributed by atoms with Crippen molar-refractivity contribution in [3.05, 3.63) is 70.5 Å². The van der Waals surface area contributed by atoms with E-state index in [1.165, 1.54) is 12.1 Å². The SMILES string of the molecule is Fc1ccc(/C=C\c2ccc(Cl)cc2)cc1. The minimum atomic E-state index is -0.219. The normalized spacial score (nSPS) is 10.9. The lowest BCUT2D eigenvalue weighted by atomic mass is 10.1. The molecule has 0 saturated carbocycles. The smallest absolute Gasteiger partial charge is 0.123 e. The van der Waals surface area contributed by atoms with E-state index in [1.807, 2.05) is 36.4 Å². The largest absolute Gasteiger partial charge is 0.207 e. The van der Waals surface area contributed by atoms with Gasteiger partial charge in [-0.15, -0.1) is 0 Å². The molecule has 0 spiro atoms. The van der Waals surface area contributed by atoms with E-state index in [2.05, 4.69) is 0 Å². The average molecular weight is 233 g/mol. The van der Waals surface area contributed by atoms with E-state index in [-0.39, 0.29) is 5.82 Å². The summed E-state index contributed by atoms with van der Waals surface area (Å²) in [6.07, 6.45) is 3.90. The van der Waals surface area contributed by atoms with Gasteiger partial charge >= 0.3 is 0 Å². The van der Waals surface area contributed by atoms with Crippen LogP contribution in [0.1, 0.15) is 11.1 Å². The van der Waals surface area contributed by atoms with Crippen LogP contribution in [0.3, 0.4) is 0 Å². The molecule has 0 aromatic heterocycles. The van der Waals surface area contributed by atoms with Crippen molar-refractivity contribution >= 4 is 23.8 Å². The van der Waals surface area contributed by atoms with Gasteiger partial charge in [-0.25, -0.2) is 4.39 Å². The van der Waals surface area contributed by atoms with Crippen LogP contribution in [0.15, 0.2) is 48.5 Å². The highest BCUT2D eigenvalue weighted by molar-refractivity contribution is 6.30. The molecule has 0 aliphatic carbocycles. The predicted molar refractivity (Wildman–Crippen MR) is 66.8 cm³/mol. The second-order valence-corrected chi connectivity index (χ2v) is 3.87. The number of hydrogen-bond acceptors (Lipinski definition) is 0. The third-order valence-electron chi connectivity index (χ3n) is 2.21. The third kappa shape index (κ3) is 2.94. The van der Waals surface area contributed by atoms with Gasteiger partial charge in [0, 0.05) is 5.02 Å². The Labute approximate surface area is 99.0 Å². The summed E-state index contributed by atoms with van der Waals surface area (Å²) in [5.41, 5.74) is 2.03. The van der Waals surface area contributed by atoms with Gasteiger partial charge in [0.2, 0.25) is 0 Å². The number of halogens is 2. The predicted octanol–water partition coefficient (Wildman–Crippen LogP) is 4.65. The summed E-state index contributed by atoms with van der Waals surface area (Å²) in [6, 6.07) is 13.9. The van der Waals surface area contributed by atoms with Crippen LogP contribution >= 0.6 is 11.6 Å². The summed E-state index contributed by atoms with van der Waals surface area (Å²) in [4.78, 5) is 0. The molecule has 0 amide bonds. The van der Waals surface area contributed by atoms with Crippen molar-refractivity contribution in [2.75, 3.05) is 0 Å². The van der Waals surface area contributed by atoms with Crippen LogP contribution in [-0.2, 0) is 0 Å². The van der Waals surface area contributed by atoms with E-state index in [0.717, 1.165) is 16.1 Å². The average Bonchev–Trinajstić information content (AvgIpc) is 2.30. The molecule has 0 nitrogen and oxygen atoms in total. The van der Waals surface area contributed by atoms with E-state index in [0.29, 0.717) is 0 Å². The Kier molecular flexibility index (Phi) is 3.37. The van der Waals surface area contributed by atoms with Gasteiger partial charge in [0.05, 0.1) is 0 Å². The fourth-order valence-corrected chi connectivity index (χ4v) is 1.47. The first-order chi connectivity index (χ1) is 7.74. The quantitative estimate of drug-likeness (QED) is 0.662. The number of rotatable bonds is 2. The first-order valence-corrected chi connectivity index (χ1v) is 5.31. The fourth-order valence-electron chi connectivity index (χ4n) is 1.34. The van der Waals surface area contributed by atoms with Crippen LogP contribution in [0.5, 0.6) is 0 Å². The zero-order valence-electron chi connectivity index (χ0n) is 8.53. The Hall–Kier alpha value is -1.60. The van der Waals surface area contributed by atoms with Crippen LogP contribution in [0.4, 0.5) is 4.39 Å². The molecule has 2 aromatic carbocycles. The highest BCUT2D eigenvalue weighted by Crippen LogP contribution is 2.12. The molecule has 0 fully saturated rings. The van der Waals surface area contributed by atoms with E-state index in [1.54, 1.807) is 12.1 Å². The molecule has 2 heteroatoms. The molecule has 2 aromatic rings. The Balaban J connectivity index is 2.15. The minimum absolute atomic E-state index is 0.219. The zero-order valence-corrected chi connectivity index (χ0v) is 9.29. The van der Waals surface area contributed by atoms with Gasteiger partial charge in [-0.1, -0.05) is 48.0 Å². The second kappa shape index (κ2) is 4.95. The Morgan fingerprint density at radius 2 is 1.19 bits per heavy atom. The van der Waals surface area contributed by atoms with Crippen LogP contribution in [-0.4, -0.2) is 0 Å². The maximum Gasteiger partial charge on any atom is 0.123 e. The first kappa shape index (κ1) is 10.9. The highest BCUT2D eigenvalue weighted by atomic mass is 35.5. The van der Waals surface area contributed by atoms with Crippen molar-refractivity contribution in [1.29, 1.82) is 0 Å². The van der Waals surface area contributed by atoms with Crippen molar-refractivity contribution in [3.63, 3.8) is 0 Å². The molecular weight excluding hydrogens is 223 g/mol. The lowest BCUT2D eigenvalue weighted by Gasteiger charge is -1.95. The summed E-state index contributed by atoms with van der Waals surface area (Å²) in [6.45, 7) is 0. The second-order valence-electron chi connectivity index (χ2n) is 3.44. The molecule has 0 aliphatic heterocycles. The van der Waals surface area contributed by atoms with Gasteiger partial charge < -0.3 is 0 Å². The molecule has 2 rings (SSSR count). The van der Waals surface area contributed by atoms with Crippen LogP contribution in [0.2, 0.25) is 5.02 Å². The van der Waals surface area contributed by atoms with Crippen LogP contribution in [0.25, 0.3) is 12.2 Å². The van der Waals surface area contributed by atoms with Crippen LogP contribution < -0.4 is 0 Å². The van der Waals surface area contributed by atoms with Crippen LogP contribution in [0, 0.1) is 5.82 Å². The molecule has 16 heavy (non-hydrogen) atoms. The van der Waals surface area contributed by atoms with Crippen molar-refractivity contribution < 1.29 is 4.39 Å². The summed E-state index contributed by atoms with van der Waals surface area (Å²) in [5.74, 6) is -0.219. The van der Waals surface area contributed by atoms with Gasteiger partial charge in [-0.05, 0) is 35.4 Å².